The number of carbonyl (C=O) groups is 2. The fourth-order valence-corrected chi connectivity index (χ4v) is 5.95. The molecule has 0 radical (unpaired) electrons. The van der Waals surface area contributed by atoms with Crippen molar-refractivity contribution < 1.29 is 9.59 Å². The van der Waals surface area contributed by atoms with Crippen molar-refractivity contribution >= 4 is 28.9 Å². The highest BCUT2D eigenvalue weighted by Gasteiger charge is 2.33. The normalized spacial score (nSPS) is 21.5. The zero-order valence-electron chi connectivity index (χ0n) is 20.2. The summed E-state index contributed by atoms with van der Waals surface area (Å²) in [5.74, 6) is -0.160. The fraction of sp³-hybridized carbons (Fsp3) is 0.500. The standard InChI is InChI=1S/C28H36N4O2/c1-30(21-11-3-2-4-12-21)19-22-13-9-10-18-31(22)20-27(33)32-25-16-7-5-14-23(25)28(34)29-24-15-6-8-17-26(24)32/h5-8,14-17,21-22H,2-4,9-13,18-20H2,1H3,(H,29,34). The monoisotopic (exact) mass is 460 g/mol. The molecule has 2 aliphatic heterocycles. The van der Waals surface area contributed by atoms with Crippen LogP contribution in [0, 0.1) is 0 Å². The number of carbonyl (C=O) groups excluding carboxylic acids is 2. The number of nitrogens with one attached hydrogen (secondary N) is 1. The zero-order valence-corrected chi connectivity index (χ0v) is 20.2. The molecule has 0 spiro atoms. The number of hydrogen-bond donors (Lipinski definition) is 1. The van der Waals surface area contributed by atoms with Crippen molar-refractivity contribution in [3.8, 4) is 0 Å². The summed E-state index contributed by atoms with van der Waals surface area (Å²) < 4.78 is 0. The minimum atomic E-state index is -0.177. The fourth-order valence-electron chi connectivity index (χ4n) is 5.95. The highest BCUT2D eigenvalue weighted by molar-refractivity contribution is 6.17. The van der Waals surface area contributed by atoms with Crippen LogP contribution >= 0.6 is 0 Å². The number of amides is 2. The lowest BCUT2D eigenvalue weighted by Gasteiger charge is -2.41. The summed E-state index contributed by atoms with van der Waals surface area (Å²) in [5.41, 5.74) is 2.59. The number of fused-ring (bicyclic) bond motifs is 2. The Kier molecular flexibility index (Phi) is 6.97. The van der Waals surface area contributed by atoms with Crippen molar-refractivity contribution in [2.24, 2.45) is 0 Å². The van der Waals surface area contributed by atoms with E-state index in [0.29, 0.717) is 35.6 Å². The molecule has 2 aromatic rings. The van der Waals surface area contributed by atoms with E-state index in [0.717, 1.165) is 31.6 Å². The van der Waals surface area contributed by atoms with Gasteiger partial charge in [-0.1, -0.05) is 49.9 Å². The summed E-state index contributed by atoms with van der Waals surface area (Å²) in [7, 11) is 2.27. The van der Waals surface area contributed by atoms with Crippen LogP contribution in [-0.4, -0.2) is 60.4 Å². The van der Waals surface area contributed by atoms with E-state index < -0.39 is 0 Å². The second-order valence-corrected chi connectivity index (χ2v) is 10.1. The number of nitrogens with zero attached hydrogens (tertiary/aromatic N) is 3. The molecule has 1 atom stereocenters. The van der Waals surface area contributed by atoms with Gasteiger partial charge in [0, 0.05) is 18.6 Å². The van der Waals surface area contributed by atoms with E-state index in [1.807, 2.05) is 42.5 Å². The van der Waals surface area contributed by atoms with Gasteiger partial charge in [0.25, 0.3) is 5.91 Å². The Balaban J connectivity index is 1.38. The Morgan fingerprint density at radius 1 is 0.941 bits per heavy atom. The summed E-state index contributed by atoms with van der Waals surface area (Å²) in [6.45, 7) is 2.33. The number of piperidine rings is 1. The van der Waals surface area contributed by atoms with Crippen molar-refractivity contribution in [2.75, 3.05) is 36.9 Å². The topological polar surface area (TPSA) is 55.9 Å². The van der Waals surface area contributed by atoms with E-state index in [9.17, 15) is 9.59 Å². The Labute approximate surface area is 202 Å². The molecule has 1 unspecified atom stereocenters. The lowest BCUT2D eigenvalue weighted by molar-refractivity contribution is -0.120. The molecule has 3 aliphatic rings. The van der Waals surface area contributed by atoms with Gasteiger partial charge in [-0.3, -0.25) is 19.4 Å². The lowest BCUT2D eigenvalue weighted by Crippen LogP contribution is -2.51. The molecular weight excluding hydrogens is 424 g/mol. The third-order valence-electron chi connectivity index (χ3n) is 7.82. The van der Waals surface area contributed by atoms with Crippen LogP contribution in [0.5, 0.6) is 0 Å². The lowest BCUT2D eigenvalue weighted by atomic mass is 9.93. The average Bonchev–Trinajstić information content (AvgIpc) is 2.99. The Hall–Kier alpha value is -2.70. The molecular formula is C28H36N4O2. The highest BCUT2D eigenvalue weighted by Crippen LogP contribution is 2.38. The van der Waals surface area contributed by atoms with Crippen LogP contribution in [0.1, 0.15) is 61.7 Å². The van der Waals surface area contributed by atoms with Gasteiger partial charge in [0.05, 0.1) is 29.2 Å². The molecule has 6 nitrogen and oxygen atoms in total. The molecule has 2 amide bonds. The van der Waals surface area contributed by atoms with Gasteiger partial charge < -0.3 is 10.2 Å². The molecule has 2 aromatic carbocycles. The smallest absolute Gasteiger partial charge is 0.257 e. The summed E-state index contributed by atoms with van der Waals surface area (Å²) in [6, 6.07) is 16.1. The molecule has 1 N–H and O–H groups in total. The molecule has 1 saturated heterocycles. The second kappa shape index (κ2) is 10.3. The summed E-state index contributed by atoms with van der Waals surface area (Å²) in [4.78, 5) is 33.5. The molecule has 2 heterocycles. The number of anilines is 3. The predicted octanol–water partition coefficient (Wildman–Crippen LogP) is 5.04. The van der Waals surface area contributed by atoms with E-state index in [1.165, 1.54) is 38.5 Å². The summed E-state index contributed by atoms with van der Waals surface area (Å²) in [6.07, 6.45) is 10.1. The summed E-state index contributed by atoms with van der Waals surface area (Å²) in [5, 5.41) is 2.99. The first-order valence-corrected chi connectivity index (χ1v) is 12.9. The van der Waals surface area contributed by atoms with Gasteiger partial charge in [0.1, 0.15) is 0 Å². The van der Waals surface area contributed by atoms with Crippen LogP contribution in [0.15, 0.2) is 48.5 Å². The average molecular weight is 461 g/mol. The maximum absolute atomic E-state index is 13.9. The Bertz CT molecular complexity index is 1030. The zero-order chi connectivity index (χ0) is 23.5. The molecule has 1 aliphatic carbocycles. The van der Waals surface area contributed by atoms with Crippen molar-refractivity contribution in [3.05, 3.63) is 54.1 Å². The molecule has 6 heteroatoms. The van der Waals surface area contributed by atoms with Crippen LogP contribution in [0.25, 0.3) is 0 Å². The summed E-state index contributed by atoms with van der Waals surface area (Å²) >= 11 is 0. The Morgan fingerprint density at radius 2 is 1.65 bits per heavy atom. The second-order valence-electron chi connectivity index (χ2n) is 10.1. The number of benzene rings is 2. The van der Waals surface area contributed by atoms with Crippen molar-refractivity contribution in [1.82, 2.24) is 9.80 Å². The van der Waals surface area contributed by atoms with Crippen LogP contribution < -0.4 is 10.2 Å². The maximum atomic E-state index is 13.9. The van der Waals surface area contributed by atoms with Gasteiger partial charge in [-0.25, -0.2) is 0 Å². The number of likely N-dealkylation sites (tertiary alicyclic amines) is 1. The molecule has 0 bridgehead atoms. The molecule has 34 heavy (non-hydrogen) atoms. The first kappa shape index (κ1) is 23.1. The molecule has 0 aromatic heterocycles. The quantitative estimate of drug-likeness (QED) is 0.680. The van der Waals surface area contributed by atoms with E-state index in [-0.39, 0.29) is 11.8 Å². The maximum Gasteiger partial charge on any atom is 0.257 e. The molecule has 2 fully saturated rings. The molecule has 1 saturated carbocycles. The number of para-hydroxylation sites is 3. The van der Waals surface area contributed by atoms with Crippen LogP contribution in [-0.2, 0) is 4.79 Å². The van der Waals surface area contributed by atoms with E-state index in [4.69, 9.17) is 0 Å². The van der Waals surface area contributed by atoms with Gasteiger partial charge >= 0.3 is 0 Å². The van der Waals surface area contributed by atoms with E-state index in [2.05, 4.69) is 22.2 Å². The minimum absolute atomic E-state index is 0.0172. The van der Waals surface area contributed by atoms with Crippen LogP contribution in [0.2, 0.25) is 0 Å². The van der Waals surface area contributed by atoms with Gasteiger partial charge in [0.15, 0.2) is 0 Å². The van der Waals surface area contributed by atoms with Crippen LogP contribution in [0.4, 0.5) is 17.1 Å². The Morgan fingerprint density at radius 3 is 2.47 bits per heavy atom. The largest absolute Gasteiger partial charge is 0.320 e. The minimum Gasteiger partial charge on any atom is -0.320 e. The molecule has 180 valence electrons. The van der Waals surface area contributed by atoms with Crippen molar-refractivity contribution in [1.29, 1.82) is 0 Å². The van der Waals surface area contributed by atoms with Gasteiger partial charge in [-0.05, 0) is 63.5 Å². The van der Waals surface area contributed by atoms with E-state index in [1.54, 1.807) is 11.0 Å². The number of hydrogen-bond acceptors (Lipinski definition) is 4. The van der Waals surface area contributed by atoms with Gasteiger partial charge in [0.2, 0.25) is 5.91 Å². The van der Waals surface area contributed by atoms with Crippen molar-refractivity contribution in [2.45, 2.75) is 63.5 Å². The first-order chi connectivity index (χ1) is 16.6. The SMILES string of the molecule is CN(CC1CCCCN1CC(=O)N1c2ccccc2NC(=O)c2ccccc21)C1CCCCC1. The highest BCUT2D eigenvalue weighted by atomic mass is 16.2. The van der Waals surface area contributed by atoms with Crippen LogP contribution in [0.3, 0.4) is 0 Å². The number of likely N-dealkylation sites (N-methyl/N-ethyl adjacent to an activating group) is 1. The van der Waals surface area contributed by atoms with E-state index >= 15 is 0 Å². The van der Waals surface area contributed by atoms with Crippen molar-refractivity contribution in [3.63, 3.8) is 0 Å². The first-order valence-electron chi connectivity index (χ1n) is 12.9. The predicted molar refractivity (Wildman–Crippen MR) is 137 cm³/mol. The third kappa shape index (κ3) is 4.75. The number of rotatable bonds is 5. The third-order valence-corrected chi connectivity index (χ3v) is 7.82. The van der Waals surface area contributed by atoms with Gasteiger partial charge in [-0.15, -0.1) is 0 Å². The van der Waals surface area contributed by atoms with Gasteiger partial charge in [-0.2, -0.15) is 0 Å². The molecule has 5 rings (SSSR count).